The lowest BCUT2D eigenvalue weighted by Gasteiger charge is -2.36. The summed E-state index contributed by atoms with van der Waals surface area (Å²) in [5.74, 6) is -0.103. The highest BCUT2D eigenvalue weighted by molar-refractivity contribution is 7.92. The Labute approximate surface area is 193 Å². The van der Waals surface area contributed by atoms with Crippen molar-refractivity contribution < 1.29 is 13.2 Å². The molecule has 1 N–H and O–H groups in total. The first kappa shape index (κ1) is 22.2. The minimum absolute atomic E-state index is 0.103. The third-order valence-electron chi connectivity index (χ3n) is 5.60. The van der Waals surface area contributed by atoms with Crippen molar-refractivity contribution in [2.75, 3.05) is 35.8 Å². The molecule has 0 atom stereocenters. The second-order valence-electron chi connectivity index (χ2n) is 7.66. The molecule has 1 saturated heterocycles. The van der Waals surface area contributed by atoms with Gasteiger partial charge in [-0.05, 0) is 55.0 Å². The van der Waals surface area contributed by atoms with E-state index in [0.29, 0.717) is 48.0 Å². The van der Waals surface area contributed by atoms with Gasteiger partial charge in [0.1, 0.15) is 0 Å². The lowest BCUT2D eigenvalue weighted by molar-refractivity contribution is 0.0746. The molecule has 0 spiro atoms. The normalized spacial score (nSPS) is 14.3. The minimum Gasteiger partial charge on any atom is -0.368 e. The summed E-state index contributed by atoms with van der Waals surface area (Å²) < 4.78 is 28.0. The van der Waals surface area contributed by atoms with Gasteiger partial charge in [0.25, 0.3) is 15.9 Å². The maximum Gasteiger partial charge on any atom is 0.261 e. The number of anilines is 2. The summed E-state index contributed by atoms with van der Waals surface area (Å²) in [6, 6.07) is 21.0. The number of carbonyl (C=O) groups excluding carboxylic acids is 1. The largest absolute Gasteiger partial charge is 0.368 e. The van der Waals surface area contributed by atoms with Gasteiger partial charge in [0, 0.05) is 42.5 Å². The number of nitrogens with zero attached hydrogens (tertiary/aromatic N) is 2. The Morgan fingerprint density at radius 2 is 1.59 bits per heavy atom. The highest BCUT2D eigenvalue weighted by Crippen LogP contribution is 2.25. The van der Waals surface area contributed by atoms with Crippen LogP contribution in [0.25, 0.3) is 0 Å². The molecule has 0 saturated carbocycles. The fraction of sp³-hybridized carbons (Fsp3) is 0.208. The summed E-state index contributed by atoms with van der Waals surface area (Å²) in [5.41, 5.74) is 2.54. The topological polar surface area (TPSA) is 69.7 Å². The molecule has 3 aromatic carbocycles. The van der Waals surface area contributed by atoms with Crippen molar-refractivity contribution in [1.82, 2.24) is 4.90 Å². The average molecular weight is 470 g/mol. The highest BCUT2D eigenvalue weighted by atomic mass is 35.5. The maximum atomic E-state index is 13.2. The van der Waals surface area contributed by atoms with E-state index in [4.69, 9.17) is 11.6 Å². The predicted octanol–water partition coefficient (Wildman–Crippen LogP) is 4.41. The second-order valence-corrected chi connectivity index (χ2v) is 9.77. The molecule has 6 nitrogen and oxygen atoms in total. The van der Waals surface area contributed by atoms with Crippen molar-refractivity contribution in [3.05, 3.63) is 88.9 Å². The number of piperazine rings is 1. The van der Waals surface area contributed by atoms with Crippen molar-refractivity contribution in [3.63, 3.8) is 0 Å². The van der Waals surface area contributed by atoms with Crippen LogP contribution >= 0.6 is 11.6 Å². The monoisotopic (exact) mass is 469 g/mol. The maximum absolute atomic E-state index is 13.2. The van der Waals surface area contributed by atoms with Crippen molar-refractivity contribution >= 4 is 38.9 Å². The second kappa shape index (κ2) is 9.22. The van der Waals surface area contributed by atoms with Crippen LogP contribution in [0.1, 0.15) is 15.9 Å². The molecule has 1 aliphatic heterocycles. The molecule has 0 aromatic heterocycles. The Balaban J connectivity index is 1.48. The van der Waals surface area contributed by atoms with Crippen LogP contribution in [-0.4, -0.2) is 45.4 Å². The molecule has 32 heavy (non-hydrogen) atoms. The average Bonchev–Trinajstić information content (AvgIpc) is 2.81. The summed E-state index contributed by atoms with van der Waals surface area (Å²) in [5, 5.41) is 0.686. The number of carbonyl (C=O) groups is 1. The lowest BCUT2D eigenvalue weighted by Crippen LogP contribution is -2.49. The van der Waals surface area contributed by atoms with E-state index in [2.05, 4.69) is 9.62 Å². The Kier molecular flexibility index (Phi) is 6.39. The Hall–Kier alpha value is -3.03. The summed E-state index contributed by atoms with van der Waals surface area (Å²) >= 11 is 6.10. The Morgan fingerprint density at radius 1 is 0.906 bits per heavy atom. The van der Waals surface area contributed by atoms with E-state index in [9.17, 15) is 13.2 Å². The van der Waals surface area contributed by atoms with Gasteiger partial charge in [-0.2, -0.15) is 0 Å². The molecule has 1 aliphatic rings. The van der Waals surface area contributed by atoms with Crippen molar-refractivity contribution in [2.45, 2.75) is 11.8 Å². The molecule has 0 radical (unpaired) electrons. The molecule has 1 heterocycles. The summed E-state index contributed by atoms with van der Waals surface area (Å²) in [7, 11) is -3.74. The van der Waals surface area contributed by atoms with Gasteiger partial charge in [-0.15, -0.1) is 0 Å². The van der Waals surface area contributed by atoms with E-state index in [1.54, 1.807) is 48.2 Å². The van der Waals surface area contributed by atoms with Crippen molar-refractivity contribution in [1.29, 1.82) is 0 Å². The zero-order valence-electron chi connectivity index (χ0n) is 17.7. The molecular formula is C24H24ClN3O3S. The van der Waals surface area contributed by atoms with E-state index in [1.165, 1.54) is 12.1 Å². The van der Waals surface area contributed by atoms with Crippen molar-refractivity contribution in [3.8, 4) is 0 Å². The van der Waals surface area contributed by atoms with Crippen LogP contribution in [0.15, 0.2) is 77.7 Å². The third kappa shape index (κ3) is 4.74. The number of benzene rings is 3. The molecule has 3 aromatic rings. The Morgan fingerprint density at radius 3 is 2.28 bits per heavy atom. The number of amides is 1. The smallest absolute Gasteiger partial charge is 0.261 e. The van der Waals surface area contributed by atoms with E-state index in [0.717, 1.165) is 5.69 Å². The predicted molar refractivity (Wildman–Crippen MR) is 128 cm³/mol. The van der Waals surface area contributed by atoms with Crippen molar-refractivity contribution in [2.24, 2.45) is 0 Å². The van der Waals surface area contributed by atoms with Crippen LogP contribution in [-0.2, 0) is 10.0 Å². The first-order valence-corrected chi connectivity index (χ1v) is 12.2. The number of sulfonamides is 1. The number of rotatable bonds is 5. The van der Waals surface area contributed by atoms with Crippen LogP contribution in [0.4, 0.5) is 11.4 Å². The standard InChI is InChI=1S/C24H24ClN3O3S/c1-18-22(11-6-12-23(18)26-32(30,31)21-9-3-2-4-10-21)24(29)28-15-13-27(14-16-28)20-8-5-7-19(25)17-20/h2-12,17,26H,13-16H2,1H3. The van der Waals surface area contributed by atoms with Gasteiger partial charge >= 0.3 is 0 Å². The number of nitrogens with one attached hydrogen (secondary N) is 1. The van der Waals surface area contributed by atoms with Crippen LogP contribution in [0.2, 0.25) is 5.02 Å². The molecule has 166 valence electrons. The molecule has 1 fully saturated rings. The van der Waals surface area contributed by atoms with Gasteiger partial charge in [0.15, 0.2) is 0 Å². The summed E-state index contributed by atoms with van der Waals surface area (Å²) in [4.78, 5) is 17.4. The minimum atomic E-state index is -3.74. The first-order chi connectivity index (χ1) is 15.3. The van der Waals surface area contributed by atoms with E-state index < -0.39 is 10.0 Å². The van der Waals surface area contributed by atoms with Crippen LogP contribution in [0, 0.1) is 6.92 Å². The molecule has 4 rings (SSSR count). The molecule has 8 heteroatoms. The fourth-order valence-electron chi connectivity index (χ4n) is 3.79. The fourth-order valence-corrected chi connectivity index (χ4v) is 5.12. The quantitative estimate of drug-likeness (QED) is 0.600. The first-order valence-electron chi connectivity index (χ1n) is 10.3. The van der Waals surface area contributed by atoms with Gasteiger partial charge in [-0.3, -0.25) is 9.52 Å². The van der Waals surface area contributed by atoms with Crippen LogP contribution < -0.4 is 9.62 Å². The molecule has 0 unspecified atom stereocenters. The summed E-state index contributed by atoms with van der Waals surface area (Å²) in [6.07, 6.45) is 0. The zero-order chi connectivity index (χ0) is 22.7. The van der Waals surface area contributed by atoms with Gasteiger partial charge in [0.2, 0.25) is 0 Å². The SMILES string of the molecule is Cc1c(NS(=O)(=O)c2ccccc2)cccc1C(=O)N1CCN(c2cccc(Cl)c2)CC1. The molecule has 0 bridgehead atoms. The third-order valence-corrected chi connectivity index (χ3v) is 7.22. The van der Waals surface area contributed by atoms with Gasteiger partial charge in [-0.1, -0.05) is 41.9 Å². The van der Waals surface area contributed by atoms with Gasteiger partial charge < -0.3 is 9.80 Å². The highest BCUT2D eigenvalue weighted by Gasteiger charge is 2.25. The number of hydrogen-bond donors (Lipinski definition) is 1. The summed E-state index contributed by atoms with van der Waals surface area (Å²) in [6.45, 7) is 4.31. The van der Waals surface area contributed by atoms with Gasteiger partial charge in [-0.25, -0.2) is 8.42 Å². The number of hydrogen-bond acceptors (Lipinski definition) is 4. The van der Waals surface area contributed by atoms with Gasteiger partial charge in [0.05, 0.1) is 10.6 Å². The number of halogens is 1. The molecule has 0 aliphatic carbocycles. The van der Waals surface area contributed by atoms with E-state index >= 15 is 0 Å². The van der Waals surface area contributed by atoms with E-state index in [1.807, 2.05) is 24.3 Å². The Bertz CT molecular complexity index is 1220. The van der Waals surface area contributed by atoms with Crippen LogP contribution in [0.3, 0.4) is 0 Å². The van der Waals surface area contributed by atoms with Crippen LogP contribution in [0.5, 0.6) is 0 Å². The lowest BCUT2D eigenvalue weighted by atomic mass is 10.1. The molecule has 1 amide bonds. The zero-order valence-corrected chi connectivity index (χ0v) is 19.2. The molecular weight excluding hydrogens is 446 g/mol. The van der Waals surface area contributed by atoms with E-state index in [-0.39, 0.29) is 10.8 Å².